The molecule has 2 aromatic rings. The van der Waals surface area contributed by atoms with Gasteiger partial charge in [-0.3, -0.25) is 0 Å². The zero-order valence-electron chi connectivity index (χ0n) is 6.61. The average molecular weight is 256 g/mol. The third-order valence-corrected chi connectivity index (χ3v) is 3.23. The summed E-state index contributed by atoms with van der Waals surface area (Å²) >= 11 is 4.71. The van der Waals surface area contributed by atoms with Crippen molar-refractivity contribution < 1.29 is 4.73 Å². The smallest absolute Gasteiger partial charge is 0.281 e. The molecule has 0 bridgehead atoms. The summed E-state index contributed by atoms with van der Waals surface area (Å²) in [5.41, 5.74) is 0.952. The van der Waals surface area contributed by atoms with Crippen molar-refractivity contribution in [2.45, 2.75) is 0 Å². The van der Waals surface area contributed by atoms with E-state index in [0.717, 1.165) is 14.1 Å². The summed E-state index contributed by atoms with van der Waals surface area (Å²) in [6.45, 7) is 0. The molecule has 0 unspecified atom stereocenters. The Hall–Kier alpha value is -0.870. The number of halogens is 1. The first-order valence-corrected chi connectivity index (χ1v) is 5.32. The monoisotopic (exact) mass is 255 g/mol. The first-order chi connectivity index (χ1) is 6.27. The number of nitrogens with zero attached hydrogens (tertiary/aromatic N) is 1. The van der Waals surface area contributed by atoms with Crippen LogP contribution in [0.2, 0.25) is 0 Å². The van der Waals surface area contributed by atoms with Crippen molar-refractivity contribution in [3.05, 3.63) is 45.5 Å². The number of benzene rings is 1. The summed E-state index contributed by atoms with van der Waals surface area (Å²) in [6, 6.07) is 9.62. The molecule has 1 heterocycles. The zero-order valence-corrected chi connectivity index (χ0v) is 9.01. The van der Waals surface area contributed by atoms with Crippen LogP contribution < -0.4 is 4.73 Å². The summed E-state index contributed by atoms with van der Waals surface area (Å²) in [5, 5.41) is 12.1. The highest BCUT2D eigenvalue weighted by Gasteiger charge is 2.12. The average Bonchev–Trinajstić information content (AvgIpc) is 2.47. The van der Waals surface area contributed by atoms with Crippen molar-refractivity contribution in [3.8, 4) is 10.6 Å². The Kier molecular flexibility index (Phi) is 2.33. The number of aromatic nitrogens is 1. The number of hydrogen-bond donors (Lipinski definition) is 0. The van der Waals surface area contributed by atoms with Crippen LogP contribution in [0.4, 0.5) is 0 Å². The molecule has 0 aliphatic heterocycles. The van der Waals surface area contributed by atoms with Crippen LogP contribution in [-0.4, -0.2) is 0 Å². The van der Waals surface area contributed by atoms with Crippen molar-refractivity contribution in [2.75, 3.05) is 0 Å². The zero-order chi connectivity index (χ0) is 9.26. The molecular weight excluding hydrogens is 250 g/mol. The Morgan fingerprint density at radius 1 is 1.23 bits per heavy atom. The highest BCUT2D eigenvalue weighted by atomic mass is 79.9. The fourth-order valence-electron chi connectivity index (χ4n) is 1.08. The Balaban J connectivity index is 2.53. The fraction of sp³-hybridized carbons (Fsp3) is 0. The lowest BCUT2D eigenvalue weighted by molar-refractivity contribution is -0.589. The van der Waals surface area contributed by atoms with Crippen molar-refractivity contribution >= 4 is 27.3 Å². The summed E-state index contributed by atoms with van der Waals surface area (Å²) < 4.78 is 1.73. The minimum atomic E-state index is 0.715. The van der Waals surface area contributed by atoms with Crippen molar-refractivity contribution in [3.63, 3.8) is 0 Å². The van der Waals surface area contributed by atoms with Crippen LogP contribution >= 0.6 is 27.3 Å². The van der Waals surface area contributed by atoms with Crippen molar-refractivity contribution in [2.24, 2.45) is 0 Å². The fourth-order valence-corrected chi connectivity index (χ4v) is 2.46. The topological polar surface area (TPSA) is 26.9 Å². The van der Waals surface area contributed by atoms with Gasteiger partial charge in [-0.15, -0.1) is 0 Å². The van der Waals surface area contributed by atoms with Crippen LogP contribution in [0, 0.1) is 5.21 Å². The Morgan fingerprint density at radius 2 is 1.92 bits per heavy atom. The van der Waals surface area contributed by atoms with Crippen LogP contribution in [0.15, 0.2) is 40.3 Å². The first-order valence-electron chi connectivity index (χ1n) is 3.71. The Bertz CT molecular complexity index is 413. The van der Waals surface area contributed by atoms with Crippen LogP contribution in [0.5, 0.6) is 0 Å². The molecule has 66 valence electrons. The van der Waals surface area contributed by atoms with E-state index in [0.29, 0.717) is 5.01 Å². The molecule has 0 N–H and O–H groups in total. The highest BCUT2D eigenvalue weighted by Crippen LogP contribution is 2.26. The second-order valence-corrected chi connectivity index (χ2v) is 4.94. The molecule has 4 heteroatoms. The van der Waals surface area contributed by atoms with Gasteiger partial charge in [-0.25, -0.2) is 0 Å². The minimum absolute atomic E-state index is 0.715. The molecule has 0 aliphatic carbocycles. The summed E-state index contributed by atoms with van der Waals surface area (Å²) in [5.74, 6) is 0. The Labute approximate surface area is 88.2 Å². The van der Waals surface area contributed by atoms with E-state index in [2.05, 4.69) is 15.9 Å². The van der Waals surface area contributed by atoms with E-state index in [1.165, 1.54) is 17.5 Å². The van der Waals surface area contributed by atoms with E-state index in [1.807, 2.05) is 30.3 Å². The van der Waals surface area contributed by atoms with E-state index < -0.39 is 0 Å². The lowest BCUT2D eigenvalue weighted by Gasteiger charge is -1.95. The van der Waals surface area contributed by atoms with Crippen LogP contribution in [0.1, 0.15) is 0 Å². The molecule has 0 atom stereocenters. The summed E-state index contributed by atoms with van der Waals surface area (Å²) in [7, 11) is 0. The molecule has 0 spiro atoms. The van der Waals surface area contributed by atoms with Gasteiger partial charge in [0, 0.05) is 0 Å². The van der Waals surface area contributed by atoms with Gasteiger partial charge < -0.3 is 5.21 Å². The number of hydrogen-bond acceptors (Lipinski definition) is 2. The van der Waals surface area contributed by atoms with Gasteiger partial charge in [-0.1, -0.05) is 29.5 Å². The molecule has 0 fully saturated rings. The van der Waals surface area contributed by atoms with Gasteiger partial charge in [0.1, 0.15) is 3.79 Å². The second kappa shape index (κ2) is 3.47. The van der Waals surface area contributed by atoms with Crippen LogP contribution in [-0.2, 0) is 0 Å². The number of rotatable bonds is 1. The van der Waals surface area contributed by atoms with E-state index in [9.17, 15) is 5.21 Å². The SMILES string of the molecule is [O-][n+]1cc(Br)sc1-c1ccccc1. The molecule has 0 saturated carbocycles. The van der Waals surface area contributed by atoms with E-state index in [-0.39, 0.29) is 0 Å². The molecule has 1 aromatic carbocycles. The molecule has 13 heavy (non-hydrogen) atoms. The van der Waals surface area contributed by atoms with Crippen molar-refractivity contribution in [1.29, 1.82) is 0 Å². The van der Waals surface area contributed by atoms with E-state index in [4.69, 9.17) is 0 Å². The molecule has 2 nitrogen and oxygen atoms in total. The molecule has 2 rings (SSSR count). The van der Waals surface area contributed by atoms with E-state index >= 15 is 0 Å². The van der Waals surface area contributed by atoms with Crippen LogP contribution in [0.25, 0.3) is 10.6 Å². The molecule has 1 aromatic heterocycles. The largest absolute Gasteiger partial charge is 0.618 e. The first kappa shape index (κ1) is 8.72. The third-order valence-electron chi connectivity index (χ3n) is 1.63. The maximum absolute atomic E-state index is 11.3. The predicted molar refractivity (Wildman–Crippen MR) is 56.4 cm³/mol. The van der Waals surface area contributed by atoms with Crippen molar-refractivity contribution in [1.82, 2.24) is 0 Å². The molecule has 0 radical (unpaired) electrons. The maximum atomic E-state index is 11.3. The molecule has 0 saturated heterocycles. The van der Waals surface area contributed by atoms with Gasteiger partial charge in [0.05, 0.1) is 5.56 Å². The predicted octanol–water partition coefficient (Wildman–Crippen LogP) is 2.81. The van der Waals surface area contributed by atoms with Crippen LogP contribution in [0.3, 0.4) is 0 Å². The normalized spacial score (nSPS) is 10.2. The number of thiazole rings is 1. The van der Waals surface area contributed by atoms with Gasteiger partial charge in [0.2, 0.25) is 6.20 Å². The molecule has 0 aliphatic rings. The van der Waals surface area contributed by atoms with Gasteiger partial charge in [0.25, 0.3) is 5.01 Å². The standard InChI is InChI=1S/C9H6BrNOS/c10-8-6-11(12)9(13-8)7-4-2-1-3-5-7/h1-6H. The summed E-state index contributed by atoms with van der Waals surface area (Å²) in [4.78, 5) is 0. The second-order valence-electron chi connectivity index (χ2n) is 2.53. The maximum Gasteiger partial charge on any atom is 0.281 e. The molecule has 0 amide bonds. The quantitative estimate of drug-likeness (QED) is 0.569. The van der Waals surface area contributed by atoms with Gasteiger partial charge >= 0.3 is 0 Å². The minimum Gasteiger partial charge on any atom is -0.618 e. The van der Waals surface area contributed by atoms with Gasteiger partial charge in [-0.05, 0) is 28.1 Å². The van der Waals surface area contributed by atoms with E-state index in [1.54, 1.807) is 0 Å². The summed E-state index contributed by atoms with van der Waals surface area (Å²) in [6.07, 6.45) is 1.52. The molecular formula is C9H6BrNOS. The lowest BCUT2D eigenvalue weighted by atomic mass is 10.2. The highest BCUT2D eigenvalue weighted by molar-refractivity contribution is 9.11. The van der Waals surface area contributed by atoms with Gasteiger partial charge in [-0.2, -0.15) is 4.73 Å². The lowest BCUT2D eigenvalue weighted by Crippen LogP contribution is -2.24. The van der Waals surface area contributed by atoms with Gasteiger partial charge in [0.15, 0.2) is 0 Å². The Morgan fingerprint density at radius 3 is 2.46 bits per heavy atom. The third kappa shape index (κ3) is 1.73.